The molecule has 0 aliphatic heterocycles. The van der Waals surface area contributed by atoms with E-state index in [0.29, 0.717) is 23.1 Å². The summed E-state index contributed by atoms with van der Waals surface area (Å²) in [7, 11) is 2.89. The molecule has 6 nitrogen and oxygen atoms in total. The summed E-state index contributed by atoms with van der Waals surface area (Å²) < 4.78 is 0.340. The molecular weight excluding hydrogens is 387 g/mol. The Morgan fingerprint density at radius 2 is 1.71 bits per heavy atom. The van der Waals surface area contributed by atoms with E-state index in [2.05, 4.69) is 15.9 Å². The molecule has 120 valence electrons. The number of likely N-dealkylation sites (N-methyl/N-ethyl adjacent to an activating group) is 1. The molecule has 0 aliphatic rings. The van der Waals surface area contributed by atoms with Crippen molar-refractivity contribution >= 4 is 44.8 Å². The Hall–Kier alpha value is 0.0400. The van der Waals surface area contributed by atoms with Gasteiger partial charge in [0.1, 0.15) is 12.1 Å². The van der Waals surface area contributed by atoms with Gasteiger partial charge in [0.2, 0.25) is 5.69 Å². The van der Waals surface area contributed by atoms with Crippen LogP contribution in [0.25, 0.3) is 0 Å². The van der Waals surface area contributed by atoms with Crippen LogP contribution in [-0.2, 0) is 13.2 Å². The van der Waals surface area contributed by atoms with Crippen LogP contribution in [0.5, 0.6) is 0 Å². The van der Waals surface area contributed by atoms with Crippen LogP contribution in [0.3, 0.4) is 0 Å². The second-order valence-corrected chi connectivity index (χ2v) is 6.33. The molecule has 0 bridgehead atoms. The second kappa shape index (κ2) is 7.54. The molecule has 0 aromatic heterocycles. The third kappa shape index (κ3) is 4.28. The highest BCUT2D eigenvalue weighted by atomic mass is 79.9. The quantitative estimate of drug-likeness (QED) is 0.432. The minimum atomic E-state index is -1.50. The van der Waals surface area contributed by atoms with Crippen LogP contribution in [0.1, 0.15) is 11.1 Å². The molecule has 0 fully saturated rings. The summed E-state index contributed by atoms with van der Waals surface area (Å²) in [6.07, 6.45) is 0. The van der Waals surface area contributed by atoms with Gasteiger partial charge in [0.25, 0.3) is 0 Å². The summed E-state index contributed by atoms with van der Waals surface area (Å²) in [5.74, 6) is 0. The Balaban J connectivity index is 3.50. The van der Waals surface area contributed by atoms with Crippen LogP contribution in [-0.4, -0.2) is 52.8 Å². The Morgan fingerprint density at radius 3 is 2.14 bits per heavy atom. The van der Waals surface area contributed by atoms with Crippen molar-refractivity contribution in [2.45, 2.75) is 13.2 Å². The van der Waals surface area contributed by atoms with Crippen molar-refractivity contribution in [3.8, 4) is 0 Å². The lowest BCUT2D eigenvalue weighted by molar-refractivity contribution is -0.272. The summed E-state index contributed by atoms with van der Waals surface area (Å²) in [6.45, 7) is 0.290. The SMILES string of the molecule is CN(CCO)Cc1c(Cl)c(CO)c(Cl)c([N+](C)(O)O)c1Br. The molecule has 9 heteroatoms. The van der Waals surface area contributed by atoms with Crippen molar-refractivity contribution in [3.63, 3.8) is 0 Å². The van der Waals surface area contributed by atoms with Crippen LogP contribution in [0, 0.1) is 0 Å². The van der Waals surface area contributed by atoms with Crippen LogP contribution in [0.15, 0.2) is 4.47 Å². The van der Waals surface area contributed by atoms with Crippen molar-refractivity contribution in [2.75, 3.05) is 27.2 Å². The minimum absolute atomic E-state index is 0.0162. The average Bonchev–Trinajstić information content (AvgIpc) is 2.33. The van der Waals surface area contributed by atoms with E-state index in [9.17, 15) is 15.5 Å². The van der Waals surface area contributed by atoms with Gasteiger partial charge in [-0.3, -0.25) is 4.90 Å². The number of aliphatic hydroxyl groups is 2. The molecule has 4 N–H and O–H groups in total. The molecule has 0 radical (unpaired) electrons. The molecule has 0 unspecified atom stereocenters. The van der Waals surface area contributed by atoms with Crippen molar-refractivity contribution in [1.29, 1.82) is 0 Å². The van der Waals surface area contributed by atoms with E-state index < -0.39 is 11.4 Å². The smallest absolute Gasteiger partial charge is 0.232 e. The van der Waals surface area contributed by atoms with Crippen molar-refractivity contribution in [1.82, 2.24) is 9.71 Å². The molecule has 1 rings (SSSR count). The van der Waals surface area contributed by atoms with Crippen molar-refractivity contribution in [2.24, 2.45) is 0 Å². The number of nitrogens with zero attached hydrogens (tertiary/aromatic N) is 2. The van der Waals surface area contributed by atoms with Gasteiger partial charge in [0, 0.05) is 24.2 Å². The highest BCUT2D eigenvalue weighted by Gasteiger charge is 2.33. The fourth-order valence-electron chi connectivity index (χ4n) is 1.93. The zero-order valence-electron chi connectivity index (χ0n) is 11.6. The monoisotopic (exact) mass is 403 g/mol. The number of aliphatic hydroxyl groups excluding tert-OH is 2. The van der Waals surface area contributed by atoms with Crippen molar-refractivity contribution in [3.05, 3.63) is 25.6 Å². The van der Waals surface area contributed by atoms with Gasteiger partial charge in [-0.05, 0) is 27.8 Å². The number of halogens is 3. The molecule has 21 heavy (non-hydrogen) atoms. The number of hydroxylamine groups is 2. The minimum Gasteiger partial charge on any atom is -0.395 e. The fourth-order valence-corrected chi connectivity index (χ4v) is 3.78. The summed E-state index contributed by atoms with van der Waals surface area (Å²) in [5.41, 5.74) is 0.748. The average molecular weight is 405 g/mol. The lowest BCUT2D eigenvalue weighted by Gasteiger charge is -2.24. The number of hydrogen-bond acceptors (Lipinski definition) is 5. The maximum absolute atomic E-state index is 9.82. The molecule has 1 aromatic carbocycles. The first-order valence-electron chi connectivity index (χ1n) is 6.06. The van der Waals surface area contributed by atoms with Gasteiger partial charge < -0.3 is 10.2 Å². The largest absolute Gasteiger partial charge is 0.395 e. The first kappa shape index (κ1) is 19.1. The molecular formula is C12H18BrCl2N2O4+. The Kier molecular flexibility index (Phi) is 6.85. The van der Waals surface area contributed by atoms with Gasteiger partial charge in [0.05, 0.1) is 22.7 Å². The van der Waals surface area contributed by atoms with E-state index in [1.54, 1.807) is 11.9 Å². The first-order valence-corrected chi connectivity index (χ1v) is 7.61. The maximum atomic E-state index is 9.82. The summed E-state index contributed by atoms with van der Waals surface area (Å²) in [5, 5.41) is 38.3. The molecule has 0 spiro atoms. The van der Waals surface area contributed by atoms with Gasteiger partial charge in [-0.25, -0.2) is 0 Å². The maximum Gasteiger partial charge on any atom is 0.232 e. The topological polar surface area (TPSA) is 84.2 Å². The molecule has 0 saturated heterocycles. The Labute approximate surface area is 141 Å². The van der Waals surface area contributed by atoms with E-state index in [4.69, 9.17) is 28.3 Å². The van der Waals surface area contributed by atoms with E-state index in [-0.39, 0.29) is 27.9 Å². The van der Waals surface area contributed by atoms with Crippen LogP contribution >= 0.6 is 39.1 Å². The summed E-state index contributed by atoms with van der Waals surface area (Å²) >= 11 is 15.6. The second-order valence-electron chi connectivity index (χ2n) is 4.78. The molecule has 1 aromatic rings. The van der Waals surface area contributed by atoms with Gasteiger partial charge in [-0.2, -0.15) is 10.4 Å². The van der Waals surface area contributed by atoms with Gasteiger partial charge in [-0.1, -0.05) is 23.2 Å². The van der Waals surface area contributed by atoms with Crippen molar-refractivity contribution < 1.29 is 20.6 Å². The van der Waals surface area contributed by atoms with E-state index in [0.717, 1.165) is 7.05 Å². The molecule has 0 heterocycles. The normalized spacial score (nSPS) is 12.3. The number of hydrogen-bond donors (Lipinski definition) is 4. The Morgan fingerprint density at radius 1 is 1.14 bits per heavy atom. The number of quaternary nitrogens is 1. The zero-order valence-corrected chi connectivity index (χ0v) is 14.7. The zero-order chi connectivity index (χ0) is 16.4. The standard InChI is InChI=1S/C12H18BrCl2N2O4/c1-16(3-4-18)5-7-9(13)12(17(2,20)21)11(15)8(6-19)10(7)14/h18-21H,3-6H2,1-2H3/q+1. The number of rotatable bonds is 6. The fraction of sp³-hybridized carbons (Fsp3) is 0.500. The van der Waals surface area contributed by atoms with Gasteiger partial charge >= 0.3 is 0 Å². The molecule has 0 amide bonds. The third-order valence-corrected chi connectivity index (χ3v) is 4.68. The highest BCUT2D eigenvalue weighted by molar-refractivity contribution is 9.10. The van der Waals surface area contributed by atoms with Gasteiger partial charge in [0.15, 0.2) is 0 Å². The van der Waals surface area contributed by atoms with Crippen LogP contribution in [0.4, 0.5) is 5.69 Å². The van der Waals surface area contributed by atoms with Crippen LogP contribution < -0.4 is 4.81 Å². The summed E-state index contributed by atoms with van der Waals surface area (Å²) in [6, 6.07) is 0. The predicted molar refractivity (Wildman–Crippen MR) is 84.8 cm³/mol. The van der Waals surface area contributed by atoms with Crippen LogP contribution in [0.2, 0.25) is 10.0 Å². The number of benzene rings is 1. The summed E-state index contributed by atoms with van der Waals surface area (Å²) in [4.78, 5) is 0.296. The van der Waals surface area contributed by atoms with E-state index in [1.807, 2.05) is 0 Å². The Bertz CT molecular complexity index is 523. The molecule has 0 atom stereocenters. The van der Waals surface area contributed by atoms with E-state index in [1.165, 1.54) is 0 Å². The van der Waals surface area contributed by atoms with Gasteiger partial charge in [-0.15, -0.1) is 0 Å². The molecule has 0 saturated carbocycles. The highest BCUT2D eigenvalue weighted by Crippen LogP contribution is 2.45. The third-order valence-electron chi connectivity index (χ3n) is 2.97. The lowest BCUT2D eigenvalue weighted by atomic mass is 10.1. The first-order chi connectivity index (χ1) is 9.65. The van der Waals surface area contributed by atoms with E-state index >= 15 is 0 Å². The lowest BCUT2D eigenvalue weighted by Crippen LogP contribution is -2.38. The molecule has 0 aliphatic carbocycles. The predicted octanol–water partition coefficient (Wildman–Crippen LogP) is 2.39.